The van der Waals surface area contributed by atoms with Gasteiger partial charge < -0.3 is 10.2 Å². The highest BCUT2D eigenvalue weighted by molar-refractivity contribution is 9.10. The fourth-order valence-corrected chi connectivity index (χ4v) is 3.16. The Morgan fingerprint density at radius 3 is 2.91 bits per heavy atom. The van der Waals surface area contributed by atoms with Crippen LogP contribution in [0.5, 0.6) is 0 Å². The minimum Gasteiger partial charge on any atom is -0.329 e. The zero-order valence-electron chi connectivity index (χ0n) is 12.2. The third-order valence-corrected chi connectivity index (χ3v) is 4.39. The van der Waals surface area contributed by atoms with E-state index in [1.807, 2.05) is 17.0 Å². The van der Waals surface area contributed by atoms with E-state index in [9.17, 15) is 9.18 Å². The second-order valence-corrected chi connectivity index (χ2v) is 5.98. The number of piperazine rings is 1. The van der Waals surface area contributed by atoms with E-state index in [4.69, 9.17) is 0 Å². The van der Waals surface area contributed by atoms with Gasteiger partial charge in [-0.05, 0) is 45.8 Å². The van der Waals surface area contributed by atoms with Crippen molar-refractivity contribution in [2.75, 3.05) is 19.6 Å². The number of pyridine rings is 1. The number of nitrogens with zero attached hydrogens (tertiary/aromatic N) is 2. The molecule has 3 rings (SSSR count). The van der Waals surface area contributed by atoms with Crippen LogP contribution < -0.4 is 5.32 Å². The molecule has 2 heterocycles. The van der Waals surface area contributed by atoms with Crippen LogP contribution >= 0.6 is 28.3 Å². The predicted molar refractivity (Wildman–Crippen MR) is 92.2 cm³/mol. The lowest BCUT2D eigenvalue weighted by molar-refractivity contribution is 0.0633. The maximum atomic E-state index is 13.2. The molecule has 0 aliphatic carbocycles. The van der Waals surface area contributed by atoms with E-state index in [-0.39, 0.29) is 30.2 Å². The van der Waals surface area contributed by atoms with Crippen LogP contribution in [0.3, 0.4) is 0 Å². The van der Waals surface area contributed by atoms with Crippen LogP contribution in [-0.4, -0.2) is 35.4 Å². The van der Waals surface area contributed by atoms with Gasteiger partial charge in [-0.1, -0.05) is 6.07 Å². The molecule has 1 aromatic heterocycles. The van der Waals surface area contributed by atoms with Crippen molar-refractivity contribution in [2.24, 2.45) is 0 Å². The number of carbonyl (C=O) groups excluding carboxylic acids is 1. The highest BCUT2D eigenvalue weighted by Gasteiger charge is 2.29. The number of aromatic nitrogens is 1. The molecular formula is C16H16BrClFN3O. The Balaban J connectivity index is 0.00000192. The Kier molecular flexibility index (Phi) is 6.10. The van der Waals surface area contributed by atoms with E-state index in [1.54, 1.807) is 12.4 Å². The van der Waals surface area contributed by atoms with Crippen LogP contribution in [0, 0.1) is 5.82 Å². The van der Waals surface area contributed by atoms with Crippen LogP contribution in [0.2, 0.25) is 0 Å². The zero-order valence-corrected chi connectivity index (χ0v) is 14.6. The molecule has 1 N–H and O–H groups in total. The number of benzene rings is 1. The van der Waals surface area contributed by atoms with Gasteiger partial charge in [0.05, 0.1) is 11.6 Å². The smallest absolute Gasteiger partial charge is 0.255 e. The third-order valence-electron chi connectivity index (χ3n) is 3.73. The van der Waals surface area contributed by atoms with E-state index >= 15 is 0 Å². The Labute approximate surface area is 148 Å². The number of hydrogen-bond acceptors (Lipinski definition) is 3. The minimum atomic E-state index is -0.368. The van der Waals surface area contributed by atoms with Crippen molar-refractivity contribution in [3.63, 3.8) is 0 Å². The SMILES string of the molecule is Cl.O=C(c1ccc(F)cc1Br)N1CCNCC1c1cccnc1. The van der Waals surface area contributed by atoms with E-state index in [0.717, 1.165) is 12.1 Å². The molecule has 1 fully saturated rings. The van der Waals surface area contributed by atoms with Crippen LogP contribution in [0.1, 0.15) is 22.0 Å². The Morgan fingerprint density at radius 1 is 1.39 bits per heavy atom. The summed E-state index contributed by atoms with van der Waals surface area (Å²) in [6.07, 6.45) is 3.49. The minimum absolute atomic E-state index is 0. The lowest BCUT2D eigenvalue weighted by Crippen LogP contribution is -2.48. The van der Waals surface area contributed by atoms with Crippen LogP contribution in [0.4, 0.5) is 4.39 Å². The highest BCUT2D eigenvalue weighted by Crippen LogP contribution is 2.26. The molecule has 1 aliphatic rings. The van der Waals surface area contributed by atoms with Crippen molar-refractivity contribution in [3.05, 3.63) is 64.1 Å². The topological polar surface area (TPSA) is 45.2 Å². The number of halogens is 3. The molecule has 1 unspecified atom stereocenters. The molecule has 122 valence electrons. The van der Waals surface area contributed by atoms with Gasteiger partial charge in [-0.3, -0.25) is 9.78 Å². The summed E-state index contributed by atoms with van der Waals surface area (Å²) in [6, 6.07) is 7.88. The molecule has 1 saturated heterocycles. The first kappa shape index (κ1) is 17.8. The zero-order chi connectivity index (χ0) is 15.5. The number of rotatable bonds is 2. The molecule has 0 bridgehead atoms. The molecule has 1 aromatic carbocycles. The molecule has 1 amide bonds. The average molecular weight is 401 g/mol. The van der Waals surface area contributed by atoms with Crippen molar-refractivity contribution in [1.29, 1.82) is 0 Å². The van der Waals surface area contributed by atoms with Crippen molar-refractivity contribution in [1.82, 2.24) is 15.2 Å². The van der Waals surface area contributed by atoms with Crippen LogP contribution in [0.15, 0.2) is 47.2 Å². The van der Waals surface area contributed by atoms with Crippen molar-refractivity contribution >= 4 is 34.2 Å². The molecule has 4 nitrogen and oxygen atoms in total. The van der Waals surface area contributed by atoms with E-state index in [0.29, 0.717) is 23.1 Å². The summed E-state index contributed by atoms with van der Waals surface area (Å²) >= 11 is 3.28. The van der Waals surface area contributed by atoms with Gasteiger partial charge >= 0.3 is 0 Å². The summed E-state index contributed by atoms with van der Waals surface area (Å²) in [6.45, 7) is 2.01. The van der Waals surface area contributed by atoms with Crippen molar-refractivity contribution in [3.8, 4) is 0 Å². The van der Waals surface area contributed by atoms with Gasteiger partial charge in [0.1, 0.15) is 5.82 Å². The normalized spacial score (nSPS) is 17.5. The first-order valence-electron chi connectivity index (χ1n) is 7.03. The van der Waals surface area contributed by atoms with Gasteiger partial charge in [0, 0.05) is 36.5 Å². The van der Waals surface area contributed by atoms with Gasteiger partial charge in [-0.15, -0.1) is 12.4 Å². The maximum absolute atomic E-state index is 13.2. The lowest BCUT2D eigenvalue weighted by atomic mass is 10.0. The van der Waals surface area contributed by atoms with Gasteiger partial charge in [0.25, 0.3) is 5.91 Å². The van der Waals surface area contributed by atoms with Gasteiger partial charge in [-0.2, -0.15) is 0 Å². The fraction of sp³-hybridized carbons (Fsp3) is 0.250. The predicted octanol–water partition coefficient (Wildman–Crippen LogP) is 3.19. The summed E-state index contributed by atoms with van der Waals surface area (Å²) < 4.78 is 13.7. The van der Waals surface area contributed by atoms with Crippen molar-refractivity contribution in [2.45, 2.75) is 6.04 Å². The monoisotopic (exact) mass is 399 g/mol. The summed E-state index contributed by atoms with van der Waals surface area (Å²) in [5, 5.41) is 3.30. The van der Waals surface area contributed by atoms with E-state index in [1.165, 1.54) is 18.2 Å². The quantitative estimate of drug-likeness (QED) is 0.842. The summed E-state index contributed by atoms with van der Waals surface area (Å²) in [4.78, 5) is 18.8. The van der Waals surface area contributed by atoms with Crippen molar-refractivity contribution < 1.29 is 9.18 Å². The molecule has 0 spiro atoms. The largest absolute Gasteiger partial charge is 0.329 e. The second-order valence-electron chi connectivity index (χ2n) is 5.13. The molecule has 0 radical (unpaired) electrons. The van der Waals surface area contributed by atoms with Gasteiger partial charge in [-0.25, -0.2) is 4.39 Å². The Bertz CT molecular complexity index is 686. The molecule has 0 saturated carbocycles. The van der Waals surface area contributed by atoms with Gasteiger partial charge in [0.15, 0.2) is 0 Å². The lowest BCUT2D eigenvalue weighted by Gasteiger charge is -2.36. The molecule has 23 heavy (non-hydrogen) atoms. The first-order valence-corrected chi connectivity index (χ1v) is 7.83. The van der Waals surface area contributed by atoms with Crippen LogP contribution in [0.25, 0.3) is 0 Å². The first-order chi connectivity index (χ1) is 10.7. The number of nitrogens with one attached hydrogen (secondary N) is 1. The van der Waals surface area contributed by atoms with E-state index < -0.39 is 0 Å². The Hall–Kier alpha value is -1.50. The molecule has 2 aromatic rings. The molecule has 1 atom stereocenters. The van der Waals surface area contributed by atoms with E-state index in [2.05, 4.69) is 26.2 Å². The fourth-order valence-electron chi connectivity index (χ4n) is 2.64. The standard InChI is InChI=1S/C16H15BrFN3O.ClH/c17-14-8-12(18)3-4-13(14)16(22)21-7-6-20-10-15(21)11-2-1-5-19-9-11;/h1-5,8-9,15,20H,6-7,10H2;1H. The molecule has 7 heteroatoms. The third kappa shape index (κ3) is 3.88. The second kappa shape index (κ2) is 7.86. The van der Waals surface area contributed by atoms with Gasteiger partial charge in [0.2, 0.25) is 0 Å². The summed E-state index contributed by atoms with van der Waals surface area (Å²) in [5.74, 6) is -0.477. The molecular weight excluding hydrogens is 385 g/mol. The number of amides is 1. The highest BCUT2D eigenvalue weighted by atomic mass is 79.9. The molecule has 1 aliphatic heterocycles. The van der Waals surface area contributed by atoms with Crippen LogP contribution in [-0.2, 0) is 0 Å². The number of hydrogen-bond donors (Lipinski definition) is 1. The average Bonchev–Trinajstić information content (AvgIpc) is 2.55. The number of carbonyl (C=O) groups is 1. The summed E-state index contributed by atoms with van der Waals surface area (Å²) in [5.41, 5.74) is 1.46. The summed E-state index contributed by atoms with van der Waals surface area (Å²) in [7, 11) is 0. The Morgan fingerprint density at radius 2 is 2.22 bits per heavy atom. The maximum Gasteiger partial charge on any atom is 0.255 e.